The first-order valence-electron chi connectivity index (χ1n) is 6.48. The number of imidazole rings is 1. The molecule has 3 N–H and O–H groups in total. The van der Waals surface area contributed by atoms with E-state index in [1.54, 1.807) is 6.33 Å². The Bertz CT molecular complexity index is 806. The van der Waals surface area contributed by atoms with Crippen molar-refractivity contribution in [1.29, 1.82) is 0 Å². The Hall–Kier alpha value is -3.15. The maximum absolute atomic E-state index is 12.3. The zero-order valence-electron chi connectivity index (χ0n) is 11.9. The van der Waals surface area contributed by atoms with Crippen LogP contribution in [0.25, 0.3) is 11.0 Å². The molecule has 2 aromatic carbocycles. The van der Waals surface area contributed by atoms with Gasteiger partial charge in [-0.2, -0.15) is 0 Å². The van der Waals surface area contributed by atoms with E-state index in [1.807, 2.05) is 60.1 Å². The summed E-state index contributed by atoms with van der Waals surface area (Å²) in [6, 6.07) is 14.9. The van der Waals surface area contributed by atoms with Crippen molar-refractivity contribution in [2.75, 3.05) is 0 Å². The van der Waals surface area contributed by atoms with Crippen molar-refractivity contribution >= 4 is 22.9 Å². The smallest absolute Gasteiger partial charge is 0.402 e. The SMILES string of the molecule is Cn1cnc2ccc(C(=O)c3ccccc3)cc21.NC(=O)O. The van der Waals surface area contributed by atoms with E-state index in [-0.39, 0.29) is 5.78 Å². The highest BCUT2D eigenvalue weighted by molar-refractivity contribution is 6.10. The van der Waals surface area contributed by atoms with Gasteiger partial charge in [0.15, 0.2) is 5.78 Å². The number of ketones is 1. The summed E-state index contributed by atoms with van der Waals surface area (Å²) in [5, 5.41) is 7.19. The van der Waals surface area contributed by atoms with Crippen LogP contribution in [0, 0.1) is 0 Å². The Balaban J connectivity index is 0.000000396. The number of carbonyl (C=O) groups is 2. The van der Waals surface area contributed by atoms with E-state index in [4.69, 9.17) is 9.90 Å². The predicted molar refractivity (Wildman–Crippen MR) is 82.8 cm³/mol. The van der Waals surface area contributed by atoms with E-state index in [0.717, 1.165) is 11.0 Å². The molecule has 3 rings (SSSR count). The summed E-state index contributed by atoms with van der Waals surface area (Å²) < 4.78 is 1.91. The highest BCUT2D eigenvalue weighted by Gasteiger charge is 2.10. The molecule has 0 fully saturated rings. The van der Waals surface area contributed by atoms with Gasteiger partial charge in [0.05, 0.1) is 17.4 Å². The lowest BCUT2D eigenvalue weighted by atomic mass is 10.0. The Morgan fingerprint density at radius 2 is 1.73 bits per heavy atom. The van der Waals surface area contributed by atoms with Gasteiger partial charge in [-0.1, -0.05) is 30.3 Å². The third-order valence-corrected chi connectivity index (χ3v) is 3.02. The number of carbonyl (C=O) groups excluding carboxylic acids is 1. The van der Waals surface area contributed by atoms with Gasteiger partial charge in [-0.3, -0.25) is 4.79 Å². The molecule has 0 unspecified atom stereocenters. The van der Waals surface area contributed by atoms with Crippen LogP contribution in [0.4, 0.5) is 4.79 Å². The van der Waals surface area contributed by atoms with Crippen molar-refractivity contribution in [1.82, 2.24) is 9.55 Å². The summed E-state index contributed by atoms with van der Waals surface area (Å²) in [4.78, 5) is 25.3. The van der Waals surface area contributed by atoms with Gasteiger partial charge in [-0.05, 0) is 18.2 Å². The molecule has 0 saturated heterocycles. The van der Waals surface area contributed by atoms with Crippen LogP contribution in [0.5, 0.6) is 0 Å². The van der Waals surface area contributed by atoms with Crippen LogP contribution in [-0.2, 0) is 7.05 Å². The first-order chi connectivity index (χ1) is 10.5. The average Bonchev–Trinajstić information content (AvgIpc) is 2.88. The van der Waals surface area contributed by atoms with E-state index in [9.17, 15) is 4.79 Å². The molecule has 0 atom stereocenters. The fourth-order valence-corrected chi connectivity index (χ4v) is 2.02. The highest BCUT2D eigenvalue weighted by Crippen LogP contribution is 2.16. The summed E-state index contributed by atoms with van der Waals surface area (Å²) in [5.41, 5.74) is 7.30. The van der Waals surface area contributed by atoms with Gasteiger partial charge >= 0.3 is 6.09 Å². The number of hydrogen-bond acceptors (Lipinski definition) is 3. The van der Waals surface area contributed by atoms with Crippen LogP contribution >= 0.6 is 0 Å². The fourth-order valence-electron chi connectivity index (χ4n) is 2.02. The van der Waals surface area contributed by atoms with Crippen LogP contribution in [0.3, 0.4) is 0 Å². The number of aromatic nitrogens is 2. The van der Waals surface area contributed by atoms with Gasteiger partial charge in [-0.25, -0.2) is 9.78 Å². The molecular weight excluding hydrogens is 282 g/mol. The van der Waals surface area contributed by atoms with E-state index in [2.05, 4.69) is 10.7 Å². The number of fused-ring (bicyclic) bond motifs is 1. The first-order valence-corrected chi connectivity index (χ1v) is 6.48. The summed E-state index contributed by atoms with van der Waals surface area (Å²) in [5.74, 6) is 0.0405. The largest absolute Gasteiger partial charge is 0.465 e. The lowest BCUT2D eigenvalue weighted by Crippen LogP contribution is -2.03. The standard InChI is InChI=1S/C15H12N2O.CH3NO2/c1-17-10-16-13-8-7-12(9-14(13)17)15(18)11-5-3-2-4-6-11;2-1(3)4/h2-10H,1H3;2H2,(H,3,4). The second-order valence-corrected chi connectivity index (χ2v) is 4.59. The number of rotatable bonds is 2. The minimum atomic E-state index is -1.33. The zero-order valence-corrected chi connectivity index (χ0v) is 11.9. The topological polar surface area (TPSA) is 98.2 Å². The monoisotopic (exact) mass is 297 g/mol. The van der Waals surface area contributed by atoms with Gasteiger partial charge in [0.2, 0.25) is 0 Å². The van der Waals surface area contributed by atoms with Crippen LogP contribution in [0.2, 0.25) is 0 Å². The molecule has 0 saturated carbocycles. The number of hydrogen-bond donors (Lipinski definition) is 2. The molecule has 0 bridgehead atoms. The van der Waals surface area contributed by atoms with Crippen molar-refractivity contribution in [3.63, 3.8) is 0 Å². The molecule has 0 radical (unpaired) electrons. The quantitative estimate of drug-likeness (QED) is 0.710. The third kappa shape index (κ3) is 3.49. The van der Waals surface area contributed by atoms with Crippen molar-refractivity contribution in [2.45, 2.75) is 0 Å². The number of amides is 1. The van der Waals surface area contributed by atoms with Crippen molar-refractivity contribution < 1.29 is 14.7 Å². The molecule has 0 spiro atoms. The predicted octanol–water partition coefficient (Wildman–Crippen LogP) is 2.43. The summed E-state index contributed by atoms with van der Waals surface area (Å²) in [6.07, 6.45) is 0.418. The van der Waals surface area contributed by atoms with Crippen LogP contribution in [-0.4, -0.2) is 26.5 Å². The van der Waals surface area contributed by atoms with E-state index >= 15 is 0 Å². The Kier molecular flexibility index (Phi) is 4.53. The van der Waals surface area contributed by atoms with E-state index in [1.165, 1.54) is 0 Å². The second kappa shape index (κ2) is 6.53. The minimum Gasteiger partial charge on any atom is -0.465 e. The zero-order chi connectivity index (χ0) is 16.1. The lowest BCUT2D eigenvalue weighted by Gasteiger charge is -2.02. The number of aryl methyl sites for hydroxylation is 1. The van der Waals surface area contributed by atoms with Gasteiger partial charge < -0.3 is 15.4 Å². The summed E-state index contributed by atoms with van der Waals surface area (Å²) in [7, 11) is 1.92. The molecule has 22 heavy (non-hydrogen) atoms. The number of nitrogens with two attached hydrogens (primary N) is 1. The Labute approximate surface area is 126 Å². The van der Waals surface area contributed by atoms with Crippen molar-refractivity contribution in [2.24, 2.45) is 12.8 Å². The van der Waals surface area contributed by atoms with Gasteiger partial charge in [0.25, 0.3) is 0 Å². The molecule has 0 aliphatic carbocycles. The second-order valence-electron chi connectivity index (χ2n) is 4.59. The minimum absolute atomic E-state index is 0.0405. The molecule has 3 aromatic rings. The molecule has 0 aliphatic rings. The maximum Gasteiger partial charge on any atom is 0.402 e. The molecule has 1 aromatic heterocycles. The average molecular weight is 297 g/mol. The number of benzene rings is 2. The number of nitrogens with zero attached hydrogens (tertiary/aromatic N) is 2. The van der Waals surface area contributed by atoms with Crippen LogP contribution < -0.4 is 5.73 Å². The van der Waals surface area contributed by atoms with Gasteiger partial charge in [0.1, 0.15) is 0 Å². The molecule has 1 amide bonds. The fraction of sp³-hybridized carbons (Fsp3) is 0.0625. The molecule has 112 valence electrons. The Morgan fingerprint density at radius 3 is 2.36 bits per heavy atom. The van der Waals surface area contributed by atoms with Gasteiger partial charge in [0, 0.05) is 18.2 Å². The van der Waals surface area contributed by atoms with E-state index in [0.29, 0.717) is 11.1 Å². The summed E-state index contributed by atoms with van der Waals surface area (Å²) >= 11 is 0. The number of primary amides is 1. The summed E-state index contributed by atoms with van der Waals surface area (Å²) in [6.45, 7) is 0. The molecular formula is C16H15N3O3. The third-order valence-electron chi connectivity index (χ3n) is 3.02. The molecule has 6 nitrogen and oxygen atoms in total. The Morgan fingerprint density at radius 1 is 1.09 bits per heavy atom. The molecule has 0 aliphatic heterocycles. The highest BCUT2D eigenvalue weighted by atomic mass is 16.4. The van der Waals surface area contributed by atoms with Crippen LogP contribution in [0.1, 0.15) is 15.9 Å². The first kappa shape index (κ1) is 15.2. The number of carboxylic acid groups (broad SMARTS) is 1. The van der Waals surface area contributed by atoms with E-state index < -0.39 is 6.09 Å². The molecule has 6 heteroatoms. The lowest BCUT2D eigenvalue weighted by molar-refractivity contribution is 0.103. The maximum atomic E-state index is 12.3. The normalized spacial score (nSPS) is 9.86. The van der Waals surface area contributed by atoms with Crippen molar-refractivity contribution in [3.05, 3.63) is 66.0 Å². The van der Waals surface area contributed by atoms with Gasteiger partial charge in [-0.15, -0.1) is 0 Å². The molecule has 1 heterocycles. The van der Waals surface area contributed by atoms with Crippen molar-refractivity contribution in [3.8, 4) is 0 Å². The van der Waals surface area contributed by atoms with Crippen LogP contribution in [0.15, 0.2) is 54.9 Å².